The van der Waals surface area contributed by atoms with Gasteiger partial charge in [-0.1, -0.05) is 30.3 Å². The maximum absolute atomic E-state index is 12.0. The highest BCUT2D eigenvalue weighted by molar-refractivity contribution is 5.83. The van der Waals surface area contributed by atoms with Crippen molar-refractivity contribution in [3.05, 3.63) is 35.9 Å². The first-order chi connectivity index (χ1) is 9.19. The summed E-state index contributed by atoms with van der Waals surface area (Å²) in [6, 6.07) is 9.41. The Kier molecular flexibility index (Phi) is 6.60. The van der Waals surface area contributed by atoms with Crippen LogP contribution in [0.25, 0.3) is 0 Å². The minimum Gasteiger partial charge on any atom is -0.469 e. The quantitative estimate of drug-likeness (QED) is 0.564. The largest absolute Gasteiger partial charge is 0.469 e. The number of methoxy groups -OCH3 is 1. The summed E-state index contributed by atoms with van der Waals surface area (Å²) in [5, 5.41) is 2.78. The van der Waals surface area contributed by atoms with Gasteiger partial charge in [-0.15, -0.1) is 0 Å². The molecule has 1 aromatic carbocycles. The zero-order valence-corrected chi connectivity index (χ0v) is 11.1. The fraction of sp³-hybridized carbons (Fsp3) is 0.429. The number of amides is 1. The molecule has 1 aromatic rings. The van der Waals surface area contributed by atoms with E-state index in [1.54, 1.807) is 0 Å². The molecule has 19 heavy (non-hydrogen) atoms. The van der Waals surface area contributed by atoms with Gasteiger partial charge in [0.1, 0.15) is 0 Å². The molecule has 0 aromatic heterocycles. The van der Waals surface area contributed by atoms with Crippen LogP contribution < -0.4 is 11.1 Å². The number of carbonyl (C=O) groups is 2. The number of nitrogens with one attached hydrogen (secondary N) is 1. The number of carbonyl (C=O) groups excluding carboxylic acids is 2. The van der Waals surface area contributed by atoms with Crippen molar-refractivity contribution in [2.45, 2.75) is 18.8 Å². The van der Waals surface area contributed by atoms with Crippen molar-refractivity contribution in [1.82, 2.24) is 5.32 Å². The second-order valence-electron chi connectivity index (χ2n) is 4.17. The Balaban J connectivity index is 2.41. The summed E-state index contributed by atoms with van der Waals surface area (Å²) >= 11 is 0. The van der Waals surface area contributed by atoms with Crippen LogP contribution in [0.2, 0.25) is 0 Å². The van der Waals surface area contributed by atoms with Crippen molar-refractivity contribution in [3.63, 3.8) is 0 Å². The number of nitrogens with two attached hydrogens (primary N) is 1. The van der Waals surface area contributed by atoms with Crippen molar-refractivity contribution >= 4 is 11.9 Å². The minimum absolute atomic E-state index is 0.112. The lowest BCUT2D eigenvalue weighted by molar-refractivity contribution is -0.140. The van der Waals surface area contributed by atoms with E-state index in [-0.39, 0.29) is 24.3 Å². The lowest BCUT2D eigenvalue weighted by Crippen LogP contribution is -2.34. The van der Waals surface area contributed by atoms with Crippen molar-refractivity contribution in [2.24, 2.45) is 5.73 Å². The Bertz CT molecular complexity index is 406. The van der Waals surface area contributed by atoms with Gasteiger partial charge in [0.25, 0.3) is 0 Å². The fourth-order valence-electron chi connectivity index (χ4n) is 1.75. The van der Waals surface area contributed by atoms with Crippen LogP contribution in [0, 0.1) is 0 Å². The predicted octanol–water partition coefficient (Wildman–Crippen LogP) is 0.798. The van der Waals surface area contributed by atoms with Crippen LogP contribution in [0.1, 0.15) is 24.3 Å². The number of rotatable bonds is 7. The molecule has 0 saturated carbocycles. The zero-order valence-electron chi connectivity index (χ0n) is 11.1. The van der Waals surface area contributed by atoms with E-state index in [2.05, 4.69) is 10.1 Å². The highest BCUT2D eigenvalue weighted by atomic mass is 16.5. The van der Waals surface area contributed by atoms with Crippen molar-refractivity contribution in [3.8, 4) is 0 Å². The molecule has 0 aliphatic carbocycles. The molecule has 1 amide bonds. The van der Waals surface area contributed by atoms with Crippen LogP contribution in [-0.2, 0) is 14.3 Å². The molecule has 0 saturated heterocycles. The van der Waals surface area contributed by atoms with E-state index in [0.29, 0.717) is 19.4 Å². The first kappa shape index (κ1) is 15.2. The van der Waals surface area contributed by atoms with Crippen molar-refractivity contribution in [2.75, 3.05) is 20.2 Å². The SMILES string of the molecule is COC(=O)CCCNC(=O)C(CN)c1ccccc1. The van der Waals surface area contributed by atoms with Gasteiger partial charge in [0.15, 0.2) is 0 Å². The lowest BCUT2D eigenvalue weighted by atomic mass is 9.98. The molecule has 1 unspecified atom stereocenters. The summed E-state index contributed by atoms with van der Waals surface area (Å²) in [5.74, 6) is -0.731. The molecule has 5 heteroatoms. The molecule has 3 N–H and O–H groups in total. The Morgan fingerprint density at radius 2 is 2.00 bits per heavy atom. The average Bonchev–Trinajstić information content (AvgIpc) is 2.45. The summed E-state index contributed by atoms with van der Waals surface area (Å²) in [7, 11) is 1.35. The maximum Gasteiger partial charge on any atom is 0.305 e. The minimum atomic E-state index is -0.348. The van der Waals surface area contributed by atoms with Gasteiger partial charge in [0.2, 0.25) is 5.91 Å². The Hall–Kier alpha value is -1.88. The van der Waals surface area contributed by atoms with Crippen molar-refractivity contribution < 1.29 is 14.3 Å². The van der Waals surface area contributed by atoms with Gasteiger partial charge in [0.05, 0.1) is 13.0 Å². The monoisotopic (exact) mass is 264 g/mol. The molecular formula is C14H20N2O3. The summed E-state index contributed by atoms with van der Waals surface area (Å²) < 4.78 is 4.52. The van der Waals surface area contributed by atoms with Crippen LogP contribution >= 0.6 is 0 Å². The Morgan fingerprint density at radius 1 is 1.32 bits per heavy atom. The topological polar surface area (TPSA) is 81.4 Å². The van der Waals surface area contributed by atoms with Gasteiger partial charge in [-0.05, 0) is 12.0 Å². The van der Waals surface area contributed by atoms with E-state index in [0.717, 1.165) is 5.56 Å². The highest BCUT2D eigenvalue weighted by Crippen LogP contribution is 2.13. The standard InChI is InChI=1S/C14H20N2O3/c1-19-13(17)8-5-9-16-14(18)12(10-15)11-6-3-2-4-7-11/h2-4,6-7,12H,5,8-10,15H2,1H3,(H,16,18). The van der Waals surface area contributed by atoms with Gasteiger partial charge >= 0.3 is 5.97 Å². The predicted molar refractivity (Wildman–Crippen MR) is 72.5 cm³/mol. The summed E-state index contributed by atoms with van der Waals surface area (Å²) in [5.41, 5.74) is 6.54. The van der Waals surface area contributed by atoms with Gasteiger partial charge in [-0.2, -0.15) is 0 Å². The summed E-state index contributed by atoms with van der Waals surface area (Å²) in [4.78, 5) is 22.9. The normalized spacial score (nSPS) is 11.7. The Labute approximate surface area is 113 Å². The number of esters is 1. The first-order valence-corrected chi connectivity index (χ1v) is 6.28. The third-order valence-electron chi connectivity index (χ3n) is 2.84. The van der Waals surface area contributed by atoms with E-state index in [4.69, 9.17) is 5.73 Å². The van der Waals surface area contributed by atoms with Gasteiger partial charge in [-0.25, -0.2) is 0 Å². The number of hydrogen-bond acceptors (Lipinski definition) is 4. The third kappa shape index (κ3) is 5.09. The molecule has 1 atom stereocenters. The molecule has 0 heterocycles. The van der Waals surface area contributed by atoms with Crippen LogP contribution in [0.5, 0.6) is 0 Å². The van der Waals surface area contributed by atoms with Gasteiger partial charge < -0.3 is 15.8 Å². The van der Waals surface area contributed by atoms with Gasteiger partial charge in [-0.3, -0.25) is 9.59 Å². The highest BCUT2D eigenvalue weighted by Gasteiger charge is 2.18. The molecule has 0 fully saturated rings. The van der Waals surface area contributed by atoms with Crippen LogP contribution in [0.4, 0.5) is 0 Å². The second-order valence-corrected chi connectivity index (χ2v) is 4.17. The van der Waals surface area contributed by atoms with Crippen LogP contribution in [-0.4, -0.2) is 32.1 Å². The summed E-state index contributed by atoms with van der Waals surface area (Å²) in [6.45, 7) is 0.699. The average molecular weight is 264 g/mol. The van der Waals surface area contributed by atoms with E-state index in [1.165, 1.54) is 7.11 Å². The van der Waals surface area contributed by atoms with Gasteiger partial charge in [0, 0.05) is 19.5 Å². The van der Waals surface area contributed by atoms with E-state index >= 15 is 0 Å². The lowest BCUT2D eigenvalue weighted by Gasteiger charge is -2.15. The molecule has 0 aliphatic rings. The number of ether oxygens (including phenoxy) is 1. The number of hydrogen-bond donors (Lipinski definition) is 2. The molecular weight excluding hydrogens is 244 g/mol. The molecule has 104 valence electrons. The van der Waals surface area contributed by atoms with Crippen molar-refractivity contribution in [1.29, 1.82) is 0 Å². The van der Waals surface area contributed by atoms with E-state index in [1.807, 2.05) is 30.3 Å². The van der Waals surface area contributed by atoms with Crippen LogP contribution in [0.15, 0.2) is 30.3 Å². The molecule has 1 rings (SSSR count). The third-order valence-corrected chi connectivity index (χ3v) is 2.84. The summed E-state index contributed by atoms with van der Waals surface area (Å²) in [6.07, 6.45) is 0.861. The molecule has 0 aliphatic heterocycles. The smallest absolute Gasteiger partial charge is 0.305 e. The van der Waals surface area contributed by atoms with E-state index in [9.17, 15) is 9.59 Å². The zero-order chi connectivity index (χ0) is 14.1. The van der Waals surface area contributed by atoms with E-state index < -0.39 is 0 Å². The first-order valence-electron chi connectivity index (χ1n) is 6.28. The molecule has 5 nitrogen and oxygen atoms in total. The molecule has 0 bridgehead atoms. The molecule has 0 radical (unpaired) electrons. The van der Waals surface area contributed by atoms with Crippen LogP contribution in [0.3, 0.4) is 0 Å². The molecule has 0 spiro atoms. The fourth-order valence-corrected chi connectivity index (χ4v) is 1.75. The Morgan fingerprint density at radius 3 is 2.58 bits per heavy atom. The number of benzene rings is 1. The maximum atomic E-state index is 12.0. The second kappa shape index (κ2) is 8.26.